The Hall–Kier alpha value is -3.16. The Balaban J connectivity index is 1.58. The highest BCUT2D eigenvalue weighted by atomic mass is 32.2. The van der Waals surface area contributed by atoms with Crippen LogP contribution in [0.1, 0.15) is 31.2 Å². The van der Waals surface area contributed by atoms with Gasteiger partial charge in [0.05, 0.1) is 10.6 Å². The lowest BCUT2D eigenvalue weighted by Gasteiger charge is -2.26. The summed E-state index contributed by atoms with van der Waals surface area (Å²) in [7, 11) is -3.64. The third kappa shape index (κ3) is 6.00. The number of para-hydroxylation sites is 1. The van der Waals surface area contributed by atoms with Crippen LogP contribution in [0.2, 0.25) is 0 Å². The summed E-state index contributed by atoms with van der Waals surface area (Å²) in [5, 5.41) is 2.87. The number of nitrogens with one attached hydrogen (secondary N) is 1. The summed E-state index contributed by atoms with van der Waals surface area (Å²) in [4.78, 5) is 12.9. The van der Waals surface area contributed by atoms with E-state index in [0.717, 1.165) is 24.8 Å². The van der Waals surface area contributed by atoms with Gasteiger partial charge in [-0.25, -0.2) is 8.42 Å². The number of amides is 1. The second kappa shape index (κ2) is 10.6. The SMILES string of the molecule is O=C(CCc1ccccc1)Nc1cc(S(=O)(=O)N2CCCCC2)ccc1Oc1ccccc1. The molecule has 7 heteroatoms. The molecule has 4 rings (SSSR count). The van der Waals surface area contributed by atoms with Crippen LogP contribution >= 0.6 is 0 Å². The minimum Gasteiger partial charge on any atom is -0.455 e. The number of carbonyl (C=O) groups excluding carboxylic acids is 1. The van der Waals surface area contributed by atoms with Gasteiger partial charge in [-0.1, -0.05) is 55.0 Å². The van der Waals surface area contributed by atoms with Gasteiger partial charge in [0.2, 0.25) is 15.9 Å². The molecule has 6 nitrogen and oxygen atoms in total. The molecule has 172 valence electrons. The van der Waals surface area contributed by atoms with E-state index in [2.05, 4.69) is 5.32 Å². The third-order valence-corrected chi connectivity index (χ3v) is 7.53. The Bertz CT molecular complexity index is 1180. The zero-order chi connectivity index (χ0) is 23.1. The molecule has 1 saturated heterocycles. The van der Waals surface area contributed by atoms with Crippen LogP contribution in [0.4, 0.5) is 5.69 Å². The van der Waals surface area contributed by atoms with Gasteiger partial charge < -0.3 is 10.1 Å². The van der Waals surface area contributed by atoms with Crippen LogP contribution in [-0.2, 0) is 21.2 Å². The summed E-state index contributed by atoms with van der Waals surface area (Å²) < 4.78 is 33.8. The monoisotopic (exact) mass is 464 g/mol. The molecule has 1 aliphatic heterocycles. The van der Waals surface area contributed by atoms with E-state index >= 15 is 0 Å². The highest BCUT2D eigenvalue weighted by Gasteiger charge is 2.27. The smallest absolute Gasteiger partial charge is 0.243 e. The van der Waals surface area contributed by atoms with Crippen molar-refractivity contribution < 1.29 is 17.9 Å². The average Bonchev–Trinajstić information content (AvgIpc) is 2.85. The topological polar surface area (TPSA) is 75.7 Å². The molecule has 0 aromatic heterocycles. The third-order valence-electron chi connectivity index (χ3n) is 5.63. The first-order valence-corrected chi connectivity index (χ1v) is 12.7. The van der Waals surface area contributed by atoms with E-state index in [0.29, 0.717) is 36.7 Å². The molecule has 0 aliphatic carbocycles. The molecule has 1 amide bonds. The number of rotatable bonds is 8. The van der Waals surface area contributed by atoms with Gasteiger partial charge in [-0.2, -0.15) is 4.31 Å². The number of anilines is 1. The molecule has 3 aromatic rings. The second-order valence-electron chi connectivity index (χ2n) is 8.07. The van der Waals surface area contributed by atoms with Crippen molar-refractivity contribution in [3.63, 3.8) is 0 Å². The highest BCUT2D eigenvalue weighted by Crippen LogP contribution is 2.33. The van der Waals surface area contributed by atoms with Crippen molar-refractivity contribution in [3.8, 4) is 11.5 Å². The fourth-order valence-electron chi connectivity index (χ4n) is 3.84. The molecule has 33 heavy (non-hydrogen) atoms. The van der Waals surface area contributed by atoms with E-state index < -0.39 is 10.0 Å². The Labute approximate surface area is 195 Å². The standard InChI is InChI=1S/C26H28N2O4S/c29-26(17-14-21-10-4-1-5-11-21)27-24-20-23(33(30,31)28-18-8-3-9-19-28)15-16-25(24)32-22-12-6-2-7-13-22/h1-2,4-7,10-13,15-16,20H,3,8-9,14,17-19H2,(H,27,29). The van der Waals surface area contributed by atoms with Crippen molar-refractivity contribution in [2.24, 2.45) is 0 Å². The molecule has 0 unspecified atom stereocenters. The van der Waals surface area contributed by atoms with Crippen LogP contribution in [0.15, 0.2) is 83.8 Å². The van der Waals surface area contributed by atoms with Crippen LogP contribution in [-0.4, -0.2) is 31.7 Å². The molecular formula is C26H28N2O4S. The summed E-state index contributed by atoms with van der Waals surface area (Å²) in [6.07, 6.45) is 3.62. The molecule has 3 aromatic carbocycles. The van der Waals surface area contributed by atoms with Crippen LogP contribution < -0.4 is 10.1 Å². The number of aryl methyl sites for hydroxylation is 1. The first kappa shape index (κ1) is 23.0. The van der Waals surface area contributed by atoms with Crippen LogP contribution in [0.3, 0.4) is 0 Å². The Kier molecular flexibility index (Phi) is 7.42. The maximum Gasteiger partial charge on any atom is 0.243 e. The number of benzene rings is 3. The number of hydrogen-bond acceptors (Lipinski definition) is 4. The lowest BCUT2D eigenvalue weighted by atomic mass is 10.1. The highest BCUT2D eigenvalue weighted by molar-refractivity contribution is 7.89. The van der Waals surface area contributed by atoms with Gasteiger partial charge in [0.1, 0.15) is 5.75 Å². The zero-order valence-corrected chi connectivity index (χ0v) is 19.3. The maximum absolute atomic E-state index is 13.2. The second-order valence-corrected chi connectivity index (χ2v) is 10.0. The van der Waals surface area contributed by atoms with Gasteiger partial charge in [-0.3, -0.25) is 4.79 Å². The van der Waals surface area contributed by atoms with Gasteiger partial charge in [0, 0.05) is 19.5 Å². The van der Waals surface area contributed by atoms with Crippen molar-refractivity contribution in [1.29, 1.82) is 0 Å². The fourth-order valence-corrected chi connectivity index (χ4v) is 5.39. The molecule has 0 bridgehead atoms. The first-order chi connectivity index (χ1) is 16.0. The molecule has 1 fully saturated rings. The van der Waals surface area contributed by atoms with Gasteiger partial charge >= 0.3 is 0 Å². The normalized spacial score (nSPS) is 14.5. The van der Waals surface area contributed by atoms with Crippen molar-refractivity contribution in [2.75, 3.05) is 18.4 Å². The number of nitrogens with zero attached hydrogens (tertiary/aromatic N) is 1. The van der Waals surface area contributed by atoms with E-state index in [1.165, 1.54) is 10.4 Å². The molecule has 0 radical (unpaired) electrons. The fraction of sp³-hybridized carbons (Fsp3) is 0.269. The molecule has 0 saturated carbocycles. The van der Waals surface area contributed by atoms with Gasteiger partial charge in [-0.15, -0.1) is 0 Å². The van der Waals surface area contributed by atoms with E-state index in [9.17, 15) is 13.2 Å². The minimum absolute atomic E-state index is 0.156. The molecule has 0 spiro atoms. The maximum atomic E-state index is 13.2. The predicted octanol–water partition coefficient (Wildman–Crippen LogP) is 5.22. The summed E-state index contributed by atoms with van der Waals surface area (Å²) >= 11 is 0. The Morgan fingerprint density at radius 1 is 0.879 bits per heavy atom. The lowest BCUT2D eigenvalue weighted by Crippen LogP contribution is -2.35. The van der Waals surface area contributed by atoms with Gasteiger partial charge in [0.15, 0.2) is 5.75 Å². The van der Waals surface area contributed by atoms with Crippen molar-refractivity contribution in [3.05, 3.63) is 84.4 Å². The zero-order valence-electron chi connectivity index (χ0n) is 18.4. The van der Waals surface area contributed by atoms with E-state index in [-0.39, 0.29) is 17.2 Å². The quantitative estimate of drug-likeness (QED) is 0.496. The number of carbonyl (C=O) groups is 1. The number of piperidine rings is 1. The van der Waals surface area contributed by atoms with Gasteiger partial charge in [-0.05, 0) is 55.2 Å². The minimum atomic E-state index is -3.64. The van der Waals surface area contributed by atoms with Crippen molar-refractivity contribution in [2.45, 2.75) is 37.0 Å². The number of hydrogen-bond donors (Lipinski definition) is 1. The van der Waals surface area contributed by atoms with Crippen LogP contribution in [0.5, 0.6) is 11.5 Å². The van der Waals surface area contributed by atoms with Crippen LogP contribution in [0, 0.1) is 0 Å². The molecule has 1 N–H and O–H groups in total. The molecule has 1 aliphatic rings. The lowest BCUT2D eigenvalue weighted by molar-refractivity contribution is -0.116. The first-order valence-electron chi connectivity index (χ1n) is 11.2. The van der Waals surface area contributed by atoms with Crippen LogP contribution in [0.25, 0.3) is 0 Å². The molecule has 1 heterocycles. The van der Waals surface area contributed by atoms with Gasteiger partial charge in [0.25, 0.3) is 0 Å². The summed E-state index contributed by atoms with van der Waals surface area (Å²) in [5.41, 5.74) is 1.41. The Morgan fingerprint density at radius 2 is 1.55 bits per heavy atom. The summed E-state index contributed by atoms with van der Waals surface area (Å²) in [5.74, 6) is 0.792. The van der Waals surface area contributed by atoms with E-state index in [4.69, 9.17) is 4.74 Å². The summed E-state index contributed by atoms with van der Waals surface area (Å²) in [6, 6.07) is 23.6. The molecular weight excluding hydrogens is 436 g/mol. The summed E-state index contributed by atoms with van der Waals surface area (Å²) in [6.45, 7) is 1.03. The predicted molar refractivity (Wildman–Crippen MR) is 129 cm³/mol. The largest absolute Gasteiger partial charge is 0.455 e. The molecule has 0 atom stereocenters. The van der Waals surface area contributed by atoms with Crippen molar-refractivity contribution in [1.82, 2.24) is 4.31 Å². The van der Waals surface area contributed by atoms with E-state index in [1.54, 1.807) is 24.3 Å². The Morgan fingerprint density at radius 3 is 2.24 bits per heavy atom. The average molecular weight is 465 g/mol. The number of sulfonamides is 1. The van der Waals surface area contributed by atoms with Crippen molar-refractivity contribution >= 4 is 21.6 Å². The number of ether oxygens (including phenoxy) is 1. The van der Waals surface area contributed by atoms with E-state index in [1.807, 2.05) is 48.5 Å².